The molecule has 0 amide bonds. The van der Waals surface area contributed by atoms with Crippen LogP contribution in [0.15, 0.2) is 30.9 Å². The SMILES string of the molecule is C=CCn1c(CC)nc(-c2ccc(C)cc2C)c1N. The van der Waals surface area contributed by atoms with Gasteiger partial charge in [0.2, 0.25) is 0 Å². The van der Waals surface area contributed by atoms with Crippen molar-refractivity contribution in [2.24, 2.45) is 0 Å². The van der Waals surface area contributed by atoms with E-state index in [2.05, 4.69) is 45.5 Å². The molecule has 0 saturated heterocycles. The van der Waals surface area contributed by atoms with Gasteiger partial charge in [-0.1, -0.05) is 36.8 Å². The van der Waals surface area contributed by atoms with Gasteiger partial charge >= 0.3 is 0 Å². The predicted molar refractivity (Wildman–Crippen MR) is 81.1 cm³/mol. The molecule has 0 bridgehead atoms. The Bertz CT molecular complexity index is 609. The second-order valence-electron chi connectivity index (χ2n) is 4.83. The van der Waals surface area contributed by atoms with Crippen molar-refractivity contribution in [3.05, 3.63) is 47.8 Å². The summed E-state index contributed by atoms with van der Waals surface area (Å²) in [4.78, 5) is 4.70. The number of benzene rings is 1. The number of rotatable bonds is 4. The lowest BCUT2D eigenvalue weighted by molar-refractivity contribution is 0.757. The van der Waals surface area contributed by atoms with Gasteiger partial charge in [-0.15, -0.1) is 6.58 Å². The Morgan fingerprint density at radius 2 is 2.11 bits per heavy atom. The van der Waals surface area contributed by atoms with Crippen molar-refractivity contribution in [1.82, 2.24) is 9.55 Å². The van der Waals surface area contributed by atoms with Gasteiger partial charge in [0, 0.05) is 18.5 Å². The maximum atomic E-state index is 6.26. The number of aromatic nitrogens is 2. The standard InChI is InChI=1S/C16H21N3/c1-5-9-19-14(6-2)18-15(16(19)17)13-8-7-11(3)10-12(13)4/h5,7-8,10H,1,6,9,17H2,2-4H3. The van der Waals surface area contributed by atoms with Crippen molar-refractivity contribution in [2.75, 3.05) is 5.73 Å². The number of nitrogen functional groups attached to an aromatic ring is 1. The number of nitrogens with two attached hydrogens (primary N) is 1. The highest BCUT2D eigenvalue weighted by Crippen LogP contribution is 2.29. The first kappa shape index (κ1) is 13.4. The summed E-state index contributed by atoms with van der Waals surface area (Å²) in [7, 11) is 0. The van der Waals surface area contributed by atoms with Crippen molar-refractivity contribution in [1.29, 1.82) is 0 Å². The normalized spacial score (nSPS) is 10.7. The Hall–Kier alpha value is -2.03. The van der Waals surface area contributed by atoms with Crippen LogP contribution in [0.2, 0.25) is 0 Å². The first-order chi connectivity index (χ1) is 9.08. The Morgan fingerprint density at radius 1 is 1.37 bits per heavy atom. The van der Waals surface area contributed by atoms with Gasteiger partial charge in [-0.05, 0) is 19.4 Å². The van der Waals surface area contributed by atoms with Crippen LogP contribution in [-0.2, 0) is 13.0 Å². The third-order valence-corrected chi connectivity index (χ3v) is 3.35. The van der Waals surface area contributed by atoms with Crippen molar-refractivity contribution in [2.45, 2.75) is 33.7 Å². The van der Waals surface area contributed by atoms with Gasteiger partial charge in [-0.25, -0.2) is 4.98 Å². The van der Waals surface area contributed by atoms with E-state index in [4.69, 9.17) is 10.7 Å². The average Bonchev–Trinajstić information content (AvgIpc) is 2.68. The van der Waals surface area contributed by atoms with E-state index in [1.165, 1.54) is 11.1 Å². The maximum absolute atomic E-state index is 6.26. The summed E-state index contributed by atoms with van der Waals surface area (Å²) in [5, 5.41) is 0. The first-order valence-corrected chi connectivity index (χ1v) is 6.61. The van der Waals surface area contributed by atoms with Crippen LogP contribution >= 0.6 is 0 Å². The summed E-state index contributed by atoms with van der Waals surface area (Å²) in [5.41, 5.74) is 10.7. The summed E-state index contributed by atoms with van der Waals surface area (Å²) in [6, 6.07) is 6.36. The van der Waals surface area contributed by atoms with E-state index < -0.39 is 0 Å². The topological polar surface area (TPSA) is 43.8 Å². The number of anilines is 1. The van der Waals surface area contributed by atoms with E-state index in [1.54, 1.807) is 0 Å². The summed E-state index contributed by atoms with van der Waals surface area (Å²) < 4.78 is 2.03. The molecule has 100 valence electrons. The molecule has 3 heteroatoms. The predicted octanol–water partition coefficient (Wildman–Crippen LogP) is 3.50. The Kier molecular flexibility index (Phi) is 3.74. The van der Waals surface area contributed by atoms with Crippen LogP contribution in [0.3, 0.4) is 0 Å². The molecule has 1 aromatic carbocycles. The van der Waals surface area contributed by atoms with Gasteiger partial charge < -0.3 is 10.3 Å². The van der Waals surface area contributed by atoms with E-state index in [0.29, 0.717) is 6.54 Å². The molecule has 0 radical (unpaired) electrons. The van der Waals surface area contributed by atoms with Gasteiger partial charge in [0.05, 0.1) is 0 Å². The smallest absolute Gasteiger partial charge is 0.132 e. The van der Waals surface area contributed by atoms with Crippen LogP contribution in [0.4, 0.5) is 5.82 Å². The lowest BCUT2D eigenvalue weighted by Crippen LogP contribution is -2.05. The Morgan fingerprint density at radius 3 is 2.68 bits per heavy atom. The van der Waals surface area contributed by atoms with Crippen molar-refractivity contribution in [3.63, 3.8) is 0 Å². The third kappa shape index (κ3) is 2.41. The minimum Gasteiger partial charge on any atom is -0.383 e. The summed E-state index contributed by atoms with van der Waals surface area (Å²) in [5.74, 6) is 1.73. The van der Waals surface area contributed by atoms with E-state index >= 15 is 0 Å². The van der Waals surface area contributed by atoms with Crippen LogP contribution in [0, 0.1) is 13.8 Å². The number of hydrogen-bond donors (Lipinski definition) is 1. The quantitative estimate of drug-likeness (QED) is 0.850. The van der Waals surface area contributed by atoms with Gasteiger partial charge in [0.15, 0.2) is 0 Å². The van der Waals surface area contributed by atoms with Crippen LogP contribution < -0.4 is 5.73 Å². The van der Waals surface area contributed by atoms with Crippen molar-refractivity contribution in [3.8, 4) is 11.3 Å². The molecule has 1 aromatic heterocycles. The summed E-state index contributed by atoms with van der Waals surface area (Å²) >= 11 is 0. The molecule has 19 heavy (non-hydrogen) atoms. The molecule has 3 nitrogen and oxygen atoms in total. The fourth-order valence-corrected chi connectivity index (χ4v) is 2.39. The zero-order valence-electron chi connectivity index (χ0n) is 11.9. The molecule has 0 aliphatic rings. The van der Waals surface area contributed by atoms with E-state index in [9.17, 15) is 0 Å². The van der Waals surface area contributed by atoms with Crippen molar-refractivity contribution >= 4 is 5.82 Å². The number of imidazole rings is 1. The molecular weight excluding hydrogens is 234 g/mol. The summed E-state index contributed by atoms with van der Waals surface area (Å²) in [6.07, 6.45) is 2.71. The van der Waals surface area contributed by atoms with Gasteiger partial charge in [-0.3, -0.25) is 0 Å². The highest BCUT2D eigenvalue weighted by Gasteiger charge is 2.15. The molecule has 0 unspecified atom stereocenters. The number of hydrogen-bond acceptors (Lipinski definition) is 2. The Labute approximate surface area is 114 Å². The molecule has 1 heterocycles. The molecule has 0 fully saturated rings. The zero-order chi connectivity index (χ0) is 14.0. The van der Waals surface area contributed by atoms with Gasteiger partial charge in [-0.2, -0.15) is 0 Å². The van der Waals surface area contributed by atoms with Gasteiger partial charge in [0.25, 0.3) is 0 Å². The minimum atomic E-state index is 0.701. The molecule has 0 saturated carbocycles. The zero-order valence-corrected chi connectivity index (χ0v) is 11.9. The molecule has 0 aliphatic heterocycles. The molecule has 0 spiro atoms. The molecular formula is C16H21N3. The summed E-state index contributed by atoms with van der Waals surface area (Å²) in [6.45, 7) is 10.8. The van der Waals surface area contributed by atoms with E-state index in [-0.39, 0.29) is 0 Å². The number of allylic oxidation sites excluding steroid dienone is 1. The minimum absolute atomic E-state index is 0.701. The lowest BCUT2D eigenvalue weighted by Gasteiger charge is -2.07. The van der Waals surface area contributed by atoms with Crippen LogP contribution in [0.1, 0.15) is 23.9 Å². The average molecular weight is 255 g/mol. The fourth-order valence-electron chi connectivity index (χ4n) is 2.39. The van der Waals surface area contributed by atoms with Crippen LogP contribution in [-0.4, -0.2) is 9.55 Å². The highest BCUT2D eigenvalue weighted by molar-refractivity contribution is 5.74. The highest BCUT2D eigenvalue weighted by atomic mass is 15.1. The monoisotopic (exact) mass is 255 g/mol. The van der Waals surface area contributed by atoms with Crippen molar-refractivity contribution < 1.29 is 0 Å². The van der Waals surface area contributed by atoms with E-state index in [1.807, 2.05) is 10.6 Å². The lowest BCUT2D eigenvalue weighted by atomic mass is 10.0. The second kappa shape index (κ2) is 5.31. The first-order valence-electron chi connectivity index (χ1n) is 6.61. The Balaban J connectivity index is 2.59. The van der Waals surface area contributed by atoms with Crippen LogP contribution in [0.25, 0.3) is 11.3 Å². The number of nitrogens with zero attached hydrogens (tertiary/aromatic N) is 2. The van der Waals surface area contributed by atoms with Crippen LogP contribution in [0.5, 0.6) is 0 Å². The fraction of sp³-hybridized carbons (Fsp3) is 0.312. The number of aryl methyl sites for hydroxylation is 3. The molecule has 0 atom stereocenters. The largest absolute Gasteiger partial charge is 0.383 e. The molecule has 0 aliphatic carbocycles. The maximum Gasteiger partial charge on any atom is 0.132 e. The molecule has 2 N–H and O–H groups in total. The van der Waals surface area contributed by atoms with Gasteiger partial charge in [0.1, 0.15) is 17.3 Å². The molecule has 2 aromatic rings. The third-order valence-electron chi connectivity index (χ3n) is 3.35. The molecule has 2 rings (SSSR count). The van der Waals surface area contributed by atoms with E-state index in [0.717, 1.165) is 29.3 Å². The second-order valence-corrected chi connectivity index (χ2v) is 4.83.